The van der Waals surface area contributed by atoms with Crippen molar-refractivity contribution in [3.05, 3.63) is 29.3 Å². The van der Waals surface area contributed by atoms with Crippen LogP contribution in [-0.4, -0.2) is 41.6 Å². The second-order valence-corrected chi connectivity index (χ2v) is 6.22. The number of halogens is 1. The number of thiocarbonyl (C=S) groups is 1. The predicted octanol–water partition coefficient (Wildman–Crippen LogP) is 2.21. The predicted molar refractivity (Wildman–Crippen MR) is 89.9 cm³/mol. The van der Waals surface area contributed by atoms with Crippen molar-refractivity contribution in [2.24, 2.45) is 5.73 Å². The molecule has 114 valence electrons. The Kier molecular flexibility index (Phi) is 5.03. The van der Waals surface area contributed by atoms with Crippen molar-refractivity contribution in [2.45, 2.75) is 18.4 Å². The normalized spacial score (nSPS) is 18.0. The first-order valence-electron chi connectivity index (χ1n) is 6.74. The highest BCUT2D eigenvalue weighted by molar-refractivity contribution is 7.80. The summed E-state index contributed by atoms with van der Waals surface area (Å²) in [6.45, 7) is 1.68. The van der Waals surface area contributed by atoms with Crippen LogP contribution >= 0.6 is 23.8 Å². The number of likely N-dealkylation sites (tertiary alicyclic amines) is 1. The van der Waals surface area contributed by atoms with Gasteiger partial charge in [-0.1, -0.05) is 29.9 Å². The second-order valence-electron chi connectivity index (χ2n) is 5.34. The molecule has 1 aliphatic heterocycles. The molecule has 21 heavy (non-hydrogen) atoms. The fraction of sp³-hybridized carbons (Fsp3) is 0.429. The molecule has 2 amide bonds. The van der Waals surface area contributed by atoms with Crippen molar-refractivity contribution in [2.75, 3.05) is 25.5 Å². The van der Waals surface area contributed by atoms with E-state index < -0.39 is 5.54 Å². The van der Waals surface area contributed by atoms with Gasteiger partial charge in [-0.15, -0.1) is 0 Å². The van der Waals surface area contributed by atoms with Gasteiger partial charge in [-0.05, 0) is 38.1 Å². The molecule has 1 saturated heterocycles. The molecule has 1 aromatic rings. The number of piperidine rings is 1. The van der Waals surface area contributed by atoms with E-state index >= 15 is 0 Å². The van der Waals surface area contributed by atoms with Gasteiger partial charge < -0.3 is 21.3 Å². The van der Waals surface area contributed by atoms with E-state index in [9.17, 15) is 4.79 Å². The molecule has 0 saturated carbocycles. The van der Waals surface area contributed by atoms with Gasteiger partial charge in [0.2, 0.25) is 0 Å². The lowest BCUT2D eigenvalue weighted by atomic mass is 9.87. The Morgan fingerprint density at radius 3 is 2.67 bits per heavy atom. The van der Waals surface area contributed by atoms with Crippen molar-refractivity contribution in [3.8, 4) is 0 Å². The van der Waals surface area contributed by atoms with Crippen molar-refractivity contribution in [1.82, 2.24) is 10.2 Å². The second kappa shape index (κ2) is 6.60. The van der Waals surface area contributed by atoms with E-state index in [0.717, 1.165) is 13.1 Å². The highest BCUT2D eigenvalue weighted by atomic mass is 35.5. The Morgan fingerprint density at radius 1 is 1.43 bits per heavy atom. The lowest BCUT2D eigenvalue weighted by Gasteiger charge is -2.40. The molecule has 0 aromatic heterocycles. The molecule has 0 atom stereocenters. The molecule has 0 spiro atoms. The van der Waals surface area contributed by atoms with Crippen LogP contribution in [0.5, 0.6) is 0 Å². The smallest absolute Gasteiger partial charge is 0.320 e. The van der Waals surface area contributed by atoms with E-state index in [0.29, 0.717) is 28.5 Å². The number of rotatable bonds is 3. The van der Waals surface area contributed by atoms with Gasteiger partial charge in [0.25, 0.3) is 0 Å². The number of nitrogens with zero attached hydrogens (tertiary/aromatic N) is 1. The van der Waals surface area contributed by atoms with Crippen LogP contribution < -0.4 is 16.4 Å². The minimum Gasteiger partial charge on any atom is -0.391 e. The highest BCUT2D eigenvalue weighted by Gasteiger charge is 2.38. The van der Waals surface area contributed by atoms with Crippen LogP contribution in [0.3, 0.4) is 0 Å². The summed E-state index contributed by atoms with van der Waals surface area (Å²) in [5, 5.41) is 6.26. The lowest BCUT2D eigenvalue weighted by molar-refractivity contribution is 0.199. The quantitative estimate of drug-likeness (QED) is 0.745. The van der Waals surface area contributed by atoms with Crippen LogP contribution in [0.15, 0.2) is 24.3 Å². The number of anilines is 1. The number of hydrogen-bond acceptors (Lipinski definition) is 3. The molecule has 7 heteroatoms. The molecular weight excluding hydrogens is 308 g/mol. The molecule has 1 heterocycles. The molecule has 1 aliphatic rings. The first-order valence-corrected chi connectivity index (χ1v) is 7.53. The van der Waals surface area contributed by atoms with Gasteiger partial charge >= 0.3 is 6.03 Å². The summed E-state index contributed by atoms with van der Waals surface area (Å²) >= 11 is 11.1. The van der Waals surface area contributed by atoms with Gasteiger partial charge in [-0.3, -0.25) is 0 Å². The van der Waals surface area contributed by atoms with Crippen LogP contribution in [0.25, 0.3) is 0 Å². The first-order chi connectivity index (χ1) is 9.91. The maximum absolute atomic E-state index is 12.2. The molecule has 4 N–H and O–H groups in total. The summed E-state index contributed by atoms with van der Waals surface area (Å²) in [5.74, 6) is 0. The zero-order chi connectivity index (χ0) is 15.5. The SMILES string of the molecule is CN1CCC(NC(=O)Nc2cccc(Cl)c2)(C(N)=S)CC1. The molecule has 0 radical (unpaired) electrons. The summed E-state index contributed by atoms with van der Waals surface area (Å²) in [7, 11) is 2.04. The van der Waals surface area contributed by atoms with Crippen LogP contribution in [0.1, 0.15) is 12.8 Å². The van der Waals surface area contributed by atoms with Crippen LogP contribution in [0.4, 0.5) is 10.5 Å². The average Bonchev–Trinajstić information content (AvgIpc) is 2.41. The van der Waals surface area contributed by atoms with E-state index in [1.54, 1.807) is 24.3 Å². The molecule has 2 rings (SSSR count). The Morgan fingerprint density at radius 2 is 2.10 bits per heavy atom. The van der Waals surface area contributed by atoms with Gasteiger partial charge in [-0.25, -0.2) is 4.79 Å². The molecular formula is C14H19ClN4OS. The van der Waals surface area contributed by atoms with Crippen molar-refractivity contribution in [1.29, 1.82) is 0 Å². The maximum atomic E-state index is 12.2. The topological polar surface area (TPSA) is 70.4 Å². The molecule has 0 unspecified atom stereocenters. The van der Waals surface area contributed by atoms with Crippen LogP contribution in [0.2, 0.25) is 5.02 Å². The fourth-order valence-corrected chi connectivity index (χ4v) is 2.82. The van der Waals surface area contributed by atoms with Gasteiger partial charge in [0, 0.05) is 23.8 Å². The third kappa shape index (κ3) is 4.06. The molecule has 0 bridgehead atoms. The zero-order valence-electron chi connectivity index (χ0n) is 11.9. The number of nitrogens with two attached hydrogens (primary N) is 1. The van der Waals surface area contributed by atoms with Crippen LogP contribution in [0, 0.1) is 0 Å². The molecule has 0 aliphatic carbocycles. The summed E-state index contributed by atoms with van der Waals surface area (Å²) in [6, 6.07) is 6.65. The standard InChI is InChI=1S/C14H19ClN4OS/c1-19-7-5-14(6-8-19,12(16)21)18-13(20)17-11-4-2-3-10(15)9-11/h2-4,9H,5-8H2,1H3,(H2,16,21)(H2,17,18,20). The molecule has 1 aromatic carbocycles. The van der Waals surface area contributed by atoms with Gasteiger partial charge in [0.1, 0.15) is 0 Å². The highest BCUT2D eigenvalue weighted by Crippen LogP contribution is 2.22. The van der Waals surface area contributed by atoms with Crippen molar-refractivity contribution in [3.63, 3.8) is 0 Å². The van der Waals surface area contributed by atoms with Gasteiger partial charge in [0.05, 0.1) is 10.5 Å². The van der Waals surface area contributed by atoms with E-state index in [1.807, 2.05) is 7.05 Å². The van der Waals surface area contributed by atoms with E-state index in [1.165, 1.54) is 0 Å². The molecule has 5 nitrogen and oxygen atoms in total. The lowest BCUT2D eigenvalue weighted by Crippen LogP contribution is -2.62. The first kappa shape index (κ1) is 16.0. The van der Waals surface area contributed by atoms with Gasteiger partial charge in [0.15, 0.2) is 0 Å². The average molecular weight is 327 g/mol. The monoisotopic (exact) mass is 326 g/mol. The minimum atomic E-state index is -0.621. The van der Waals surface area contributed by atoms with Crippen molar-refractivity contribution >= 4 is 40.5 Å². The summed E-state index contributed by atoms with van der Waals surface area (Å²) in [4.78, 5) is 14.7. The Labute approximate surface area is 134 Å². The third-order valence-electron chi connectivity index (χ3n) is 3.75. The minimum absolute atomic E-state index is 0.324. The van der Waals surface area contributed by atoms with Crippen LogP contribution in [-0.2, 0) is 0 Å². The molecule has 1 fully saturated rings. The number of hydrogen-bond donors (Lipinski definition) is 3. The number of carbonyl (C=O) groups excluding carboxylic acids is 1. The number of urea groups is 1. The fourth-order valence-electron chi connectivity index (χ4n) is 2.38. The Bertz CT molecular complexity index is 544. The Hall–Kier alpha value is -1.37. The van der Waals surface area contributed by atoms with Crippen molar-refractivity contribution < 1.29 is 4.79 Å². The van der Waals surface area contributed by atoms with E-state index in [2.05, 4.69) is 15.5 Å². The number of carbonyl (C=O) groups is 1. The number of nitrogens with one attached hydrogen (secondary N) is 2. The summed E-state index contributed by atoms with van der Waals surface area (Å²) in [5.41, 5.74) is 5.87. The zero-order valence-corrected chi connectivity index (χ0v) is 13.4. The largest absolute Gasteiger partial charge is 0.391 e. The third-order valence-corrected chi connectivity index (χ3v) is 4.37. The number of amides is 2. The number of benzene rings is 1. The Balaban J connectivity index is 2.04. The van der Waals surface area contributed by atoms with Gasteiger partial charge in [-0.2, -0.15) is 0 Å². The summed E-state index contributed by atoms with van der Waals surface area (Å²) in [6.07, 6.45) is 1.42. The van der Waals surface area contributed by atoms with E-state index in [4.69, 9.17) is 29.6 Å². The van der Waals surface area contributed by atoms with E-state index in [-0.39, 0.29) is 6.03 Å². The summed E-state index contributed by atoms with van der Waals surface area (Å²) < 4.78 is 0. The maximum Gasteiger partial charge on any atom is 0.320 e.